The summed E-state index contributed by atoms with van der Waals surface area (Å²) in [5.74, 6) is 0.626. The lowest BCUT2D eigenvalue weighted by Crippen LogP contribution is -2.49. The Bertz CT molecular complexity index is 1100. The normalized spacial score (nSPS) is 16.6. The van der Waals surface area contributed by atoms with Crippen molar-refractivity contribution >= 4 is 23.2 Å². The highest BCUT2D eigenvalue weighted by Crippen LogP contribution is 2.29. The van der Waals surface area contributed by atoms with Gasteiger partial charge in [0.05, 0.1) is 5.69 Å². The molecule has 166 valence electrons. The minimum atomic E-state index is -0.237. The van der Waals surface area contributed by atoms with Crippen LogP contribution in [0.4, 0.5) is 10.1 Å². The van der Waals surface area contributed by atoms with E-state index in [1.54, 1.807) is 12.1 Å². The monoisotopic (exact) mass is 452 g/mol. The van der Waals surface area contributed by atoms with Crippen LogP contribution in [0.1, 0.15) is 35.4 Å². The molecule has 0 aliphatic carbocycles. The van der Waals surface area contributed by atoms with Gasteiger partial charge in [-0.15, -0.1) is 0 Å². The third-order valence-corrected chi connectivity index (χ3v) is 6.68. The molecule has 0 saturated carbocycles. The van der Waals surface area contributed by atoms with Crippen LogP contribution < -0.4 is 4.90 Å². The third-order valence-electron chi connectivity index (χ3n) is 6.43. The van der Waals surface area contributed by atoms with Crippen LogP contribution in [0.15, 0.2) is 48.5 Å². The highest BCUT2D eigenvalue weighted by Gasteiger charge is 2.29. The molecule has 0 unspecified atom stereocenters. The Morgan fingerprint density at radius 3 is 2.31 bits per heavy atom. The third kappa shape index (κ3) is 4.11. The Morgan fingerprint density at radius 1 is 0.875 bits per heavy atom. The number of amides is 1. The van der Waals surface area contributed by atoms with Crippen LogP contribution in [-0.2, 0) is 13.0 Å². The van der Waals surface area contributed by atoms with E-state index in [2.05, 4.69) is 9.47 Å². The minimum Gasteiger partial charge on any atom is -0.368 e. The van der Waals surface area contributed by atoms with Crippen molar-refractivity contribution in [3.63, 3.8) is 0 Å². The summed E-state index contributed by atoms with van der Waals surface area (Å²) in [7, 11) is 0. The summed E-state index contributed by atoms with van der Waals surface area (Å²) in [4.78, 5) is 22.5. The Hall–Kier alpha value is -2.86. The number of hydrogen-bond acceptors (Lipinski definition) is 3. The standard InChI is InChI=1S/C25H26ClFN4O/c26-19-7-5-18(6-8-19)24-28-23(22-4-2-1-3-13-31(22)24)25(32)30-16-14-29(15-17-30)21-11-9-20(27)10-12-21/h5-12H,1-4,13-17H2. The number of aromatic nitrogens is 2. The second kappa shape index (κ2) is 8.94. The summed E-state index contributed by atoms with van der Waals surface area (Å²) in [6.45, 7) is 3.57. The number of hydrogen-bond donors (Lipinski definition) is 0. The molecule has 3 heterocycles. The number of anilines is 1. The quantitative estimate of drug-likeness (QED) is 0.559. The summed E-state index contributed by atoms with van der Waals surface area (Å²) >= 11 is 6.08. The molecule has 0 radical (unpaired) electrons. The van der Waals surface area contributed by atoms with Gasteiger partial charge in [-0.25, -0.2) is 9.37 Å². The first-order valence-electron chi connectivity index (χ1n) is 11.3. The van der Waals surface area contributed by atoms with E-state index >= 15 is 0 Å². The van der Waals surface area contributed by atoms with Crippen molar-refractivity contribution in [2.24, 2.45) is 0 Å². The summed E-state index contributed by atoms with van der Waals surface area (Å²) in [5, 5.41) is 0.687. The number of carbonyl (C=O) groups is 1. The number of carbonyl (C=O) groups excluding carboxylic acids is 1. The van der Waals surface area contributed by atoms with Crippen LogP contribution in [0.2, 0.25) is 5.02 Å². The van der Waals surface area contributed by atoms with Gasteiger partial charge in [-0.2, -0.15) is 0 Å². The summed E-state index contributed by atoms with van der Waals surface area (Å²) < 4.78 is 15.5. The van der Waals surface area contributed by atoms with E-state index in [1.807, 2.05) is 29.2 Å². The van der Waals surface area contributed by atoms with Gasteiger partial charge in [-0.05, 0) is 67.8 Å². The molecule has 0 N–H and O–H groups in total. The molecule has 0 bridgehead atoms. The molecular weight excluding hydrogens is 427 g/mol. The van der Waals surface area contributed by atoms with Crippen LogP contribution in [0.5, 0.6) is 0 Å². The number of nitrogens with zero attached hydrogens (tertiary/aromatic N) is 4. The van der Waals surface area contributed by atoms with Crippen molar-refractivity contribution in [2.75, 3.05) is 31.1 Å². The molecule has 3 aromatic rings. The van der Waals surface area contributed by atoms with Crippen molar-refractivity contribution in [3.05, 3.63) is 70.8 Å². The second-order valence-electron chi connectivity index (χ2n) is 8.46. The second-order valence-corrected chi connectivity index (χ2v) is 8.89. The number of halogens is 2. The van der Waals surface area contributed by atoms with E-state index in [0.717, 1.165) is 68.1 Å². The summed E-state index contributed by atoms with van der Waals surface area (Å²) in [5.41, 5.74) is 3.61. The van der Waals surface area contributed by atoms with Gasteiger partial charge < -0.3 is 14.4 Å². The Kier molecular flexibility index (Phi) is 5.87. The molecule has 1 aromatic heterocycles. The lowest BCUT2D eigenvalue weighted by atomic mass is 10.1. The van der Waals surface area contributed by atoms with Crippen molar-refractivity contribution in [1.82, 2.24) is 14.5 Å². The van der Waals surface area contributed by atoms with E-state index in [9.17, 15) is 9.18 Å². The molecule has 0 atom stereocenters. The fraction of sp³-hybridized carbons (Fsp3) is 0.360. The molecule has 2 aliphatic rings. The SMILES string of the molecule is O=C(c1nc(-c2ccc(Cl)cc2)n2c1CCCCC2)N1CCN(c2ccc(F)cc2)CC1. The summed E-state index contributed by atoms with van der Waals surface area (Å²) in [6.07, 6.45) is 4.20. The zero-order valence-electron chi connectivity index (χ0n) is 17.9. The lowest BCUT2D eigenvalue weighted by Gasteiger charge is -2.36. The molecule has 2 aliphatic heterocycles. The van der Waals surface area contributed by atoms with Gasteiger partial charge in [0.1, 0.15) is 17.3 Å². The molecule has 1 saturated heterocycles. The van der Waals surface area contributed by atoms with E-state index < -0.39 is 0 Å². The number of benzene rings is 2. The van der Waals surface area contributed by atoms with Gasteiger partial charge in [-0.3, -0.25) is 4.79 Å². The van der Waals surface area contributed by atoms with Crippen LogP contribution in [0.3, 0.4) is 0 Å². The van der Waals surface area contributed by atoms with E-state index in [1.165, 1.54) is 12.1 Å². The zero-order chi connectivity index (χ0) is 22.1. The first-order chi connectivity index (χ1) is 15.6. The predicted octanol–water partition coefficient (Wildman–Crippen LogP) is 5.03. The van der Waals surface area contributed by atoms with Gasteiger partial charge in [-0.1, -0.05) is 18.0 Å². The lowest BCUT2D eigenvalue weighted by molar-refractivity contribution is 0.0740. The van der Waals surface area contributed by atoms with Gasteiger partial charge in [0.25, 0.3) is 5.91 Å². The zero-order valence-corrected chi connectivity index (χ0v) is 18.7. The summed E-state index contributed by atoms with van der Waals surface area (Å²) in [6, 6.07) is 14.2. The van der Waals surface area contributed by atoms with Crippen LogP contribution >= 0.6 is 11.6 Å². The highest BCUT2D eigenvalue weighted by molar-refractivity contribution is 6.30. The van der Waals surface area contributed by atoms with Crippen LogP contribution in [0, 0.1) is 5.82 Å². The fourth-order valence-electron chi connectivity index (χ4n) is 4.68. The van der Waals surface area contributed by atoms with Crippen molar-refractivity contribution in [3.8, 4) is 11.4 Å². The molecule has 0 spiro atoms. The average Bonchev–Trinajstić information content (AvgIpc) is 3.00. The molecular formula is C25H26ClFN4O. The Labute approximate surface area is 192 Å². The van der Waals surface area contributed by atoms with E-state index in [4.69, 9.17) is 16.6 Å². The molecule has 7 heteroatoms. The van der Waals surface area contributed by atoms with Gasteiger partial charge >= 0.3 is 0 Å². The maximum atomic E-state index is 13.5. The van der Waals surface area contributed by atoms with Crippen LogP contribution in [-0.4, -0.2) is 46.5 Å². The maximum absolute atomic E-state index is 13.5. The first kappa shape index (κ1) is 21.0. The predicted molar refractivity (Wildman–Crippen MR) is 125 cm³/mol. The van der Waals surface area contributed by atoms with Crippen molar-refractivity contribution < 1.29 is 9.18 Å². The molecule has 2 aromatic carbocycles. The van der Waals surface area contributed by atoms with Crippen LogP contribution in [0.25, 0.3) is 11.4 Å². The Morgan fingerprint density at radius 2 is 1.59 bits per heavy atom. The average molecular weight is 453 g/mol. The number of fused-ring (bicyclic) bond motifs is 1. The van der Waals surface area contributed by atoms with Gasteiger partial charge in [0.2, 0.25) is 0 Å². The van der Waals surface area contributed by atoms with E-state index in [-0.39, 0.29) is 11.7 Å². The van der Waals surface area contributed by atoms with Gasteiger partial charge in [0, 0.05) is 49.0 Å². The first-order valence-corrected chi connectivity index (χ1v) is 11.6. The van der Waals surface area contributed by atoms with Gasteiger partial charge in [0.15, 0.2) is 0 Å². The largest absolute Gasteiger partial charge is 0.368 e. The van der Waals surface area contributed by atoms with Crippen molar-refractivity contribution in [2.45, 2.75) is 32.2 Å². The minimum absolute atomic E-state index is 0.00891. The number of piperazine rings is 1. The number of imidazole rings is 1. The molecule has 32 heavy (non-hydrogen) atoms. The van der Waals surface area contributed by atoms with E-state index in [0.29, 0.717) is 23.8 Å². The van der Waals surface area contributed by atoms with Crippen molar-refractivity contribution in [1.29, 1.82) is 0 Å². The topological polar surface area (TPSA) is 41.4 Å². The number of rotatable bonds is 3. The maximum Gasteiger partial charge on any atom is 0.274 e. The smallest absolute Gasteiger partial charge is 0.274 e. The molecule has 5 nitrogen and oxygen atoms in total. The Balaban J connectivity index is 1.39. The molecule has 1 amide bonds. The molecule has 5 rings (SSSR count). The fourth-order valence-corrected chi connectivity index (χ4v) is 4.81. The molecule has 1 fully saturated rings. The highest BCUT2D eigenvalue weighted by atomic mass is 35.5.